The summed E-state index contributed by atoms with van der Waals surface area (Å²) >= 11 is 0. The molecule has 2 heterocycles. The third-order valence-corrected chi connectivity index (χ3v) is 4.54. The van der Waals surface area contributed by atoms with Gasteiger partial charge in [-0.05, 0) is 0 Å². The summed E-state index contributed by atoms with van der Waals surface area (Å²) in [7, 11) is 1.18. The van der Waals surface area contributed by atoms with Crippen LogP contribution in [0, 0.1) is 0 Å². The molecule has 26 heavy (non-hydrogen) atoms. The monoisotopic (exact) mass is 386 g/mol. The van der Waals surface area contributed by atoms with Gasteiger partial charge in [0.05, 0.1) is 13.2 Å². The standard InChI is InChI=1S/C14H26O12/c1-23-13-10(21)8(19)9(20)12(5(3-16)25-13)26-14-11(22)7(18)6(17)4(2-15)24-14/h4-22H,2-3H2,1H3/t4-,5-,6+,7+,8+,9-,10-,11-,12-,13+,14+/m1/s1. The van der Waals surface area contributed by atoms with E-state index in [9.17, 15) is 40.9 Å². The zero-order chi connectivity index (χ0) is 19.6. The van der Waals surface area contributed by atoms with Crippen molar-refractivity contribution in [2.75, 3.05) is 20.3 Å². The van der Waals surface area contributed by atoms with E-state index < -0.39 is 80.7 Å². The SMILES string of the molecule is CO[C@H]1O[C@H](CO)[C@@H](O[C@@H]2O[C@H](CO)[C@H](O)[C@H](O)[C@H]2O)[C@H](O)[C@H](O)[C@H]1O. The van der Waals surface area contributed by atoms with E-state index in [-0.39, 0.29) is 0 Å². The Labute approximate surface area is 148 Å². The highest BCUT2D eigenvalue weighted by molar-refractivity contribution is 4.94. The molecule has 154 valence electrons. The third kappa shape index (κ3) is 4.16. The van der Waals surface area contributed by atoms with Crippen LogP contribution in [0.25, 0.3) is 0 Å². The summed E-state index contributed by atoms with van der Waals surface area (Å²) in [6.07, 6.45) is -17.4. The molecular weight excluding hydrogens is 360 g/mol. The maximum absolute atomic E-state index is 10.3. The second-order valence-corrected chi connectivity index (χ2v) is 6.23. The van der Waals surface area contributed by atoms with E-state index in [1.807, 2.05) is 0 Å². The maximum Gasteiger partial charge on any atom is 0.187 e. The smallest absolute Gasteiger partial charge is 0.187 e. The molecule has 0 spiro atoms. The predicted molar refractivity (Wildman–Crippen MR) is 79.4 cm³/mol. The minimum Gasteiger partial charge on any atom is -0.394 e. The molecule has 8 N–H and O–H groups in total. The molecule has 2 fully saturated rings. The first-order valence-corrected chi connectivity index (χ1v) is 8.06. The van der Waals surface area contributed by atoms with Crippen molar-refractivity contribution in [1.29, 1.82) is 0 Å². The van der Waals surface area contributed by atoms with Gasteiger partial charge in [0.15, 0.2) is 12.6 Å². The Hall–Kier alpha value is -0.480. The van der Waals surface area contributed by atoms with Crippen molar-refractivity contribution in [3.8, 4) is 0 Å². The minimum absolute atomic E-state index is 0.689. The second kappa shape index (κ2) is 9.14. The molecule has 0 aromatic heterocycles. The minimum atomic E-state index is -1.79. The quantitative estimate of drug-likeness (QED) is 0.223. The van der Waals surface area contributed by atoms with Gasteiger partial charge in [0, 0.05) is 7.11 Å². The summed E-state index contributed by atoms with van der Waals surface area (Å²) < 4.78 is 20.7. The van der Waals surface area contributed by atoms with Gasteiger partial charge in [-0.2, -0.15) is 0 Å². The fraction of sp³-hybridized carbons (Fsp3) is 1.00. The first-order chi connectivity index (χ1) is 12.3. The highest BCUT2D eigenvalue weighted by Crippen LogP contribution is 2.28. The first kappa shape index (κ1) is 21.8. The van der Waals surface area contributed by atoms with Crippen molar-refractivity contribution in [3.63, 3.8) is 0 Å². The number of hydrogen-bond acceptors (Lipinski definition) is 12. The Kier molecular flexibility index (Phi) is 7.67. The zero-order valence-corrected chi connectivity index (χ0v) is 14.0. The summed E-state index contributed by atoms with van der Waals surface area (Å²) in [5.41, 5.74) is 0. The van der Waals surface area contributed by atoms with E-state index in [1.165, 1.54) is 7.11 Å². The van der Waals surface area contributed by atoms with E-state index in [2.05, 4.69) is 0 Å². The number of hydrogen-bond donors (Lipinski definition) is 8. The van der Waals surface area contributed by atoms with Crippen molar-refractivity contribution < 1.29 is 59.8 Å². The van der Waals surface area contributed by atoms with Crippen molar-refractivity contribution in [3.05, 3.63) is 0 Å². The highest BCUT2D eigenvalue weighted by Gasteiger charge is 2.50. The average molecular weight is 386 g/mol. The lowest BCUT2D eigenvalue weighted by atomic mass is 9.98. The van der Waals surface area contributed by atoms with E-state index in [0.29, 0.717) is 0 Å². The molecule has 2 aliphatic rings. The van der Waals surface area contributed by atoms with Crippen LogP contribution in [-0.4, -0.2) is 129 Å². The number of methoxy groups -OCH3 is 1. The molecule has 11 atom stereocenters. The molecule has 0 aromatic rings. The molecule has 0 bridgehead atoms. The Bertz CT molecular complexity index is 436. The summed E-state index contributed by atoms with van der Waals surface area (Å²) in [6, 6.07) is 0. The molecule has 0 radical (unpaired) electrons. The van der Waals surface area contributed by atoms with Crippen LogP contribution < -0.4 is 0 Å². The lowest BCUT2D eigenvalue weighted by Crippen LogP contribution is -2.61. The van der Waals surface area contributed by atoms with Crippen LogP contribution >= 0.6 is 0 Å². The maximum atomic E-state index is 10.3. The molecule has 0 aromatic carbocycles. The molecule has 12 heteroatoms. The number of aliphatic hydroxyl groups is 8. The Morgan fingerprint density at radius 2 is 1.15 bits per heavy atom. The van der Waals surface area contributed by atoms with Crippen molar-refractivity contribution in [1.82, 2.24) is 0 Å². The van der Waals surface area contributed by atoms with Crippen LogP contribution in [0.1, 0.15) is 0 Å². The van der Waals surface area contributed by atoms with Crippen LogP contribution in [0.3, 0.4) is 0 Å². The lowest BCUT2D eigenvalue weighted by molar-refractivity contribution is -0.329. The topological polar surface area (TPSA) is 199 Å². The van der Waals surface area contributed by atoms with Gasteiger partial charge in [-0.1, -0.05) is 0 Å². The summed E-state index contributed by atoms with van der Waals surface area (Å²) in [5, 5.41) is 78.6. The van der Waals surface area contributed by atoms with Gasteiger partial charge in [-0.3, -0.25) is 0 Å². The van der Waals surface area contributed by atoms with Gasteiger partial charge in [0.2, 0.25) is 0 Å². The largest absolute Gasteiger partial charge is 0.394 e. The van der Waals surface area contributed by atoms with E-state index in [1.54, 1.807) is 0 Å². The van der Waals surface area contributed by atoms with E-state index >= 15 is 0 Å². The lowest BCUT2D eigenvalue weighted by Gasteiger charge is -2.42. The van der Waals surface area contributed by atoms with Crippen LogP contribution in [-0.2, 0) is 18.9 Å². The molecule has 0 aliphatic carbocycles. The fourth-order valence-corrected chi connectivity index (χ4v) is 2.95. The zero-order valence-electron chi connectivity index (χ0n) is 14.0. The Balaban J connectivity index is 2.21. The average Bonchev–Trinajstić information content (AvgIpc) is 2.73. The molecular formula is C14H26O12. The van der Waals surface area contributed by atoms with Crippen molar-refractivity contribution in [2.45, 2.75) is 67.5 Å². The van der Waals surface area contributed by atoms with Gasteiger partial charge >= 0.3 is 0 Å². The summed E-state index contributed by atoms with van der Waals surface area (Å²) in [5.74, 6) is 0. The van der Waals surface area contributed by atoms with Gasteiger partial charge < -0.3 is 59.8 Å². The molecule has 2 rings (SSSR count). The van der Waals surface area contributed by atoms with Crippen LogP contribution in [0.2, 0.25) is 0 Å². The molecule has 0 amide bonds. The first-order valence-electron chi connectivity index (χ1n) is 8.06. The number of aliphatic hydroxyl groups excluding tert-OH is 8. The molecule has 2 saturated heterocycles. The van der Waals surface area contributed by atoms with Crippen LogP contribution in [0.4, 0.5) is 0 Å². The molecule has 0 saturated carbocycles. The van der Waals surface area contributed by atoms with Gasteiger partial charge in [-0.25, -0.2) is 0 Å². The Morgan fingerprint density at radius 3 is 1.69 bits per heavy atom. The third-order valence-electron chi connectivity index (χ3n) is 4.54. The second-order valence-electron chi connectivity index (χ2n) is 6.23. The van der Waals surface area contributed by atoms with Crippen molar-refractivity contribution >= 4 is 0 Å². The van der Waals surface area contributed by atoms with Crippen LogP contribution in [0.15, 0.2) is 0 Å². The van der Waals surface area contributed by atoms with Gasteiger partial charge in [-0.15, -0.1) is 0 Å². The fourth-order valence-electron chi connectivity index (χ4n) is 2.95. The van der Waals surface area contributed by atoms with E-state index in [0.717, 1.165) is 0 Å². The predicted octanol–water partition coefficient (Wildman–Crippen LogP) is -5.38. The van der Waals surface area contributed by atoms with Gasteiger partial charge in [0.1, 0.15) is 54.9 Å². The number of rotatable bonds is 5. The van der Waals surface area contributed by atoms with E-state index in [4.69, 9.17) is 18.9 Å². The summed E-state index contributed by atoms with van der Waals surface area (Å²) in [6.45, 7) is -1.40. The highest BCUT2D eigenvalue weighted by atomic mass is 16.7. The van der Waals surface area contributed by atoms with Crippen LogP contribution in [0.5, 0.6) is 0 Å². The normalized spacial score (nSPS) is 50.4. The Morgan fingerprint density at radius 1 is 0.654 bits per heavy atom. The molecule has 2 aliphatic heterocycles. The summed E-state index contributed by atoms with van der Waals surface area (Å²) in [4.78, 5) is 0. The number of ether oxygens (including phenoxy) is 4. The molecule has 0 unspecified atom stereocenters. The van der Waals surface area contributed by atoms with Crippen molar-refractivity contribution in [2.24, 2.45) is 0 Å². The molecule has 12 nitrogen and oxygen atoms in total. The van der Waals surface area contributed by atoms with Gasteiger partial charge in [0.25, 0.3) is 0 Å².